The summed E-state index contributed by atoms with van der Waals surface area (Å²) in [5.41, 5.74) is 0.546. The highest BCUT2D eigenvalue weighted by molar-refractivity contribution is 6.36. The van der Waals surface area contributed by atoms with Gasteiger partial charge in [-0.15, -0.1) is 0 Å². The Morgan fingerprint density at radius 1 is 0.969 bits per heavy atom. The van der Waals surface area contributed by atoms with Crippen LogP contribution in [0.2, 0.25) is 10.0 Å². The first-order valence-corrected chi connectivity index (χ1v) is 11.8. The number of carbonyl (C=O) groups is 2. The molecule has 3 N–H and O–H groups in total. The van der Waals surface area contributed by atoms with Crippen LogP contribution in [0, 0.1) is 5.92 Å². The highest BCUT2D eigenvalue weighted by Crippen LogP contribution is 2.26. The van der Waals surface area contributed by atoms with Crippen molar-refractivity contribution in [1.29, 1.82) is 0 Å². The Bertz CT molecular complexity index is 724. The van der Waals surface area contributed by atoms with Gasteiger partial charge >= 0.3 is 12.1 Å². The lowest BCUT2D eigenvalue weighted by Gasteiger charge is -2.33. The average molecular weight is 488 g/mol. The molecule has 6 nitrogen and oxygen atoms in total. The maximum Gasteiger partial charge on any atom is 0.321 e. The van der Waals surface area contributed by atoms with E-state index in [9.17, 15) is 9.59 Å². The van der Waals surface area contributed by atoms with Crippen LogP contribution in [0.4, 0.5) is 15.3 Å². The fourth-order valence-corrected chi connectivity index (χ4v) is 4.73. The third-order valence-corrected chi connectivity index (χ3v) is 6.52. The largest absolute Gasteiger partial charge is 0.338 e. The smallest absolute Gasteiger partial charge is 0.321 e. The Labute approximate surface area is 203 Å². The SMILES string of the molecule is C.C.O=C(NCC1CCCN(C(=O)Nc2ccc(Cl)cc2Cl)C1)NC1CCCCCCC1. The van der Waals surface area contributed by atoms with E-state index >= 15 is 0 Å². The summed E-state index contributed by atoms with van der Waals surface area (Å²) in [6.45, 7) is 1.88. The highest BCUT2D eigenvalue weighted by Gasteiger charge is 2.25. The van der Waals surface area contributed by atoms with Crippen molar-refractivity contribution >= 4 is 41.0 Å². The van der Waals surface area contributed by atoms with Gasteiger partial charge in [-0.05, 0) is 49.8 Å². The third kappa shape index (κ3) is 9.07. The van der Waals surface area contributed by atoms with Gasteiger partial charge in [0.2, 0.25) is 0 Å². The minimum absolute atomic E-state index is 0. The van der Waals surface area contributed by atoms with Crippen LogP contribution < -0.4 is 16.0 Å². The molecule has 1 aliphatic heterocycles. The number of rotatable bonds is 4. The van der Waals surface area contributed by atoms with Crippen LogP contribution >= 0.6 is 23.2 Å². The molecule has 2 fully saturated rings. The molecule has 1 atom stereocenters. The first-order valence-electron chi connectivity index (χ1n) is 11.1. The molecule has 0 aromatic heterocycles. The molecule has 1 aromatic rings. The molecule has 0 radical (unpaired) electrons. The van der Waals surface area contributed by atoms with Crippen LogP contribution in [0.3, 0.4) is 0 Å². The van der Waals surface area contributed by atoms with Crippen molar-refractivity contribution in [3.05, 3.63) is 28.2 Å². The summed E-state index contributed by atoms with van der Waals surface area (Å²) in [6, 6.07) is 5.02. The van der Waals surface area contributed by atoms with E-state index in [1.165, 1.54) is 32.1 Å². The van der Waals surface area contributed by atoms with Crippen molar-refractivity contribution in [3.8, 4) is 0 Å². The Hall–Kier alpha value is -1.66. The van der Waals surface area contributed by atoms with E-state index in [4.69, 9.17) is 23.2 Å². The van der Waals surface area contributed by atoms with Gasteiger partial charge in [-0.25, -0.2) is 9.59 Å². The molecule has 4 amide bonds. The Balaban J connectivity index is 0.00000256. The quantitative estimate of drug-likeness (QED) is 0.431. The van der Waals surface area contributed by atoms with Crippen molar-refractivity contribution in [2.75, 3.05) is 25.0 Å². The van der Waals surface area contributed by atoms with Crippen molar-refractivity contribution in [2.45, 2.75) is 78.7 Å². The first kappa shape index (κ1) is 28.4. The van der Waals surface area contributed by atoms with Crippen molar-refractivity contribution < 1.29 is 9.59 Å². The number of benzene rings is 1. The number of carbonyl (C=O) groups excluding carboxylic acids is 2. The summed E-state index contributed by atoms with van der Waals surface area (Å²) in [4.78, 5) is 26.8. The van der Waals surface area contributed by atoms with Gasteiger partial charge in [-0.1, -0.05) is 70.2 Å². The molecule has 182 valence electrons. The average Bonchev–Trinajstić information content (AvgIpc) is 2.70. The normalized spacial score (nSPS) is 19.4. The van der Waals surface area contributed by atoms with E-state index in [1.54, 1.807) is 23.1 Å². The van der Waals surface area contributed by atoms with Crippen molar-refractivity contribution in [2.24, 2.45) is 5.92 Å². The Morgan fingerprint density at radius 2 is 1.66 bits per heavy atom. The molecule has 8 heteroatoms. The van der Waals surface area contributed by atoms with Crippen LogP contribution in [0.1, 0.15) is 72.6 Å². The molecule has 1 heterocycles. The summed E-state index contributed by atoms with van der Waals surface area (Å²) < 4.78 is 0. The predicted molar refractivity (Wildman–Crippen MR) is 136 cm³/mol. The molecule has 1 saturated carbocycles. The minimum atomic E-state index is -0.178. The minimum Gasteiger partial charge on any atom is -0.338 e. The number of hydrogen-bond donors (Lipinski definition) is 3. The molecule has 3 rings (SSSR count). The molecular formula is C24H40Cl2N4O2. The predicted octanol–water partition coefficient (Wildman–Crippen LogP) is 6.92. The molecule has 32 heavy (non-hydrogen) atoms. The third-order valence-electron chi connectivity index (χ3n) is 5.97. The van der Waals surface area contributed by atoms with Gasteiger partial charge in [0.15, 0.2) is 0 Å². The van der Waals surface area contributed by atoms with Crippen LogP contribution in [0.5, 0.6) is 0 Å². The lowest BCUT2D eigenvalue weighted by atomic mass is 9.97. The van der Waals surface area contributed by atoms with E-state index < -0.39 is 0 Å². The van der Waals surface area contributed by atoms with Gasteiger partial charge in [0.1, 0.15) is 0 Å². The zero-order valence-electron chi connectivity index (χ0n) is 17.4. The van der Waals surface area contributed by atoms with E-state index in [0.717, 1.165) is 25.7 Å². The van der Waals surface area contributed by atoms with E-state index in [-0.39, 0.29) is 38.9 Å². The second-order valence-corrected chi connectivity index (χ2v) is 9.25. The standard InChI is InChI=1S/C22H32Cl2N4O2.2CH4/c23-17-10-11-20(19(24)13-17)27-22(30)28-12-6-7-16(15-28)14-25-21(29)26-18-8-4-2-1-3-5-9-18;;/h10-11,13,16,18H,1-9,12,14-15H2,(H,27,30)(H2,25,26,29);2*1H4. The fourth-order valence-electron chi connectivity index (χ4n) is 4.28. The monoisotopic (exact) mass is 486 g/mol. The molecule has 2 aliphatic rings. The lowest BCUT2D eigenvalue weighted by molar-refractivity contribution is 0.175. The highest BCUT2D eigenvalue weighted by atomic mass is 35.5. The number of piperidine rings is 1. The van der Waals surface area contributed by atoms with E-state index in [0.29, 0.717) is 35.4 Å². The number of nitrogens with one attached hydrogen (secondary N) is 3. The zero-order valence-corrected chi connectivity index (χ0v) is 18.9. The summed E-state index contributed by atoms with van der Waals surface area (Å²) in [5, 5.41) is 9.95. The van der Waals surface area contributed by atoms with Gasteiger partial charge in [0.05, 0.1) is 10.7 Å². The lowest BCUT2D eigenvalue weighted by Crippen LogP contribution is -2.48. The van der Waals surface area contributed by atoms with Crippen LogP contribution in [-0.2, 0) is 0 Å². The molecule has 1 unspecified atom stereocenters. The zero-order chi connectivity index (χ0) is 21.3. The summed E-state index contributed by atoms with van der Waals surface area (Å²) in [6.07, 6.45) is 10.3. The molecule has 0 spiro atoms. The van der Waals surface area contributed by atoms with Gasteiger partial charge in [-0.3, -0.25) is 0 Å². The maximum absolute atomic E-state index is 12.6. The number of likely N-dealkylation sites (tertiary alicyclic amines) is 1. The van der Waals surface area contributed by atoms with E-state index in [1.807, 2.05) is 0 Å². The van der Waals surface area contributed by atoms with Crippen LogP contribution in [0.25, 0.3) is 0 Å². The summed E-state index contributed by atoms with van der Waals surface area (Å²) in [7, 11) is 0. The Kier molecular flexibility index (Phi) is 12.8. The second-order valence-electron chi connectivity index (χ2n) is 8.40. The van der Waals surface area contributed by atoms with Crippen molar-refractivity contribution in [1.82, 2.24) is 15.5 Å². The number of halogens is 2. The van der Waals surface area contributed by atoms with Gasteiger partial charge in [0.25, 0.3) is 0 Å². The van der Waals surface area contributed by atoms with E-state index in [2.05, 4.69) is 16.0 Å². The summed E-state index contributed by atoms with van der Waals surface area (Å²) >= 11 is 12.1. The maximum atomic E-state index is 12.6. The molecule has 1 aliphatic carbocycles. The number of nitrogens with zero attached hydrogens (tertiary/aromatic N) is 1. The second kappa shape index (κ2) is 14.5. The van der Waals surface area contributed by atoms with Crippen LogP contribution in [0.15, 0.2) is 18.2 Å². The molecule has 1 saturated heterocycles. The number of hydrogen-bond acceptors (Lipinski definition) is 2. The molecule has 0 bridgehead atoms. The van der Waals surface area contributed by atoms with Gasteiger partial charge in [0, 0.05) is 30.7 Å². The fraction of sp³-hybridized carbons (Fsp3) is 0.667. The molecular weight excluding hydrogens is 447 g/mol. The van der Waals surface area contributed by atoms with Crippen molar-refractivity contribution in [3.63, 3.8) is 0 Å². The van der Waals surface area contributed by atoms with Crippen LogP contribution in [-0.4, -0.2) is 42.6 Å². The molecule has 1 aromatic carbocycles. The van der Waals surface area contributed by atoms with Gasteiger partial charge < -0.3 is 20.9 Å². The number of urea groups is 2. The summed E-state index contributed by atoms with van der Waals surface area (Å²) in [5.74, 6) is 0.244. The Morgan fingerprint density at radius 3 is 2.34 bits per heavy atom. The number of amides is 4. The first-order chi connectivity index (χ1) is 14.5. The number of anilines is 1. The van der Waals surface area contributed by atoms with Gasteiger partial charge in [-0.2, -0.15) is 0 Å². The topological polar surface area (TPSA) is 73.5 Å².